The Morgan fingerprint density at radius 1 is 0.818 bits per heavy atom. The van der Waals surface area contributed by atoms with Crippen LogP contribution in [0.2, 0.25) is 0 Å². The first-order chi connectivity index (χ1) is 10.6. The highest BCUT2D eigenvalue weighted by Crippen LogP contribution is 2.68. The first-order valence-electron chi connectivity index (χ1n) is 7.90. The number of anilines is 1. The standard InChI is InChI=1S/C17H15Br2NO2/c18-7-3-8(19)5-9(4-7)20-16(21)14-10-1-2-11(13-6-12(10)13)15(14)17(20)22/h3-5,10-15H,1-2,6H2/t10-,11+,12+,13-,14-,15+. The summed E-state index contributed by atoms with van der Waals surface area (Å²) in [5.74, 6) is 2.35. The summed E-state index contributed by atoms with van der Waals surface area (Å²) in [6.07, 6.45) is 3.54. The Morgan fingerprint density at radius 3 is 1.82 bits per heavy atom. The summed E-state index contributed by atoms with van der Waals surface area (Å²) >= 11 is 6.90. The SMILES string of the molecule is O=C1[C@@H]2[C@@H]3CC[C@@H]([C@H]4C[C@H]43)[C@@H]2C(=O)N1c1cc(Br)cc(Br)c1. The van der Waals surface area contributed by atoms with Gasteiger partial charge >= 0.3 is 0 Å². The van der Waals surface area contributed by atoms with Crippen LogP contribution in [0.15, 0.2) is 27.1 Å². The van der Waals surface area contributed by atoms with Crippen molar-refractivity contribution in [1.82, 2.24) is 0 Å². The molecule has 0 aromatic heterocycles. The number of carbonyl (C=O) groups is 2. The number of amides is 2. The van der Waals surface area contributed by atoms with Gasteiger partial charge in [-0.3, -0.25) is 9.59 Å². The van der Waals surface area contributed by atoms with Crippen LogP contribution >= 0.6 is 31.9 Å². The van der Waals surface area contributed by atoms with Crippen molar-refractivity contribution in [3.8, 4) is 0 Å². The number of fused-ring (bicyclic) bond motifs is 1. The molecule has 6 rings (SSSR count). The van der Waals surface area contributed by atoms with Crippen molar-refractivity contribution in [2.45, 2.75) is 19.3 Å². The molecule has 4 saturated carbocycles. The van der Waals surface area contributed by atoms with Crippen LogP contribution in [0.1, 0.15) is 19.3 Å². The molecule has 5 heteroatoms. The van der Waals surface area contributed by atoms with E-state index < -0.39 is 0 Å². The monoisotopic (exact) mass is 423 g/mol. The van der Waals surface area contributed by atoms with E-state index in [2.05, 4.69) is 31.9 Å². The molecule has 0 unspecified atom stereocenters. The summed E-state index contributed by atoms with van der Waals surface area (Å²) < 4.78 is 1.75. The minimum Gasteiger partial charge on any atom is -0.274 e. The zero-order valence-corrected chi connectivity index (χ0v) is 15.0. The Morgan fingerprint density at radius 2 is 1.32 bits per heavy atom. The molecule has 2 amide bonds. The number of benzene rings is 1. The molecule has 5 aliphatic rings. The smallest absolute Gasteiger partial charge is 0.237 e. The molecular formula is C17H15Br2NO2. The molecule has 1 aliphatic heterocycles. The minimum absolute atomic E-state index is 0.0417. The van der Waals surface area contributed by atoms with E-state index in [0.29, 0.717) is 17.5 Å². The third-order valence-corrected chi connectivity index (χ3v) is 7.17. The van der Waals surface area contributed by atoms with Gasteiger partial charge in [0.05, 0.1) is 17.5 Å². The normalized spacial score (nSPS) is 41.6. The summed E-state index contributed by atoms with van der Waals surface area (Å²) in [5.41, 5.74) is 0.693. The van der Waals surface area contributed by atoms with Crippen molar-refractivity contribution in [1.29, 1.82) is 0 Å². The number of carbonyl (C=O) groups excluding carboxylic acids is 2. The van der Waals surface area contributed by atoms with Crippen LogP contribution in [0.25, 0.3) is 0 Å². The first kappa shape index (κ1) is 13.7. The maximum absolute atomic E-state index is 13.0. The van der Waals surface area contributed by atoms with E-state index >= 15 is 0 Å². The number of imide groups is 1. The highest BCUT2D eigenvalue weighted by Gasteiger charge is 2.68. The van der Waals surface area contributed by atoms with Gasteiger partial charge in [0.2, 0.25) is 11.8 Å². The lowest BCUT2D eigenvalue weighted by molar-refractivity contribution is -0.129. The van der Waals surface area contributed by atoms with Crippen LogP contribution in [0, 0.1) is 35.5 Å². The fraction of sp³-hybridized carbons (Fsp3) is 0.529. The second kappa shape index (κ2) is 4.44. The maximum Gasteiger partial charge on any atom is 0.237 e. The molecular weight excluding hydrogens is 410 g/mol. The highest BCUT2D eigenvalue weighted by atomic mass is 79.9. The Labute approximate surface area is 145 Å². The van der Waals surface area contributed by atoms with E-state index in [1.165, 1.54) is 11.3 Å². The zero-order valence-electron chi connectivity index (χ0n) is 11.8. The Hall–Kier alpha value is -0.680. The van der Waals surface area contributed by atoms with Gasteiger partial charge in [0.25, 0.3) is 0 Å². The summed E-state index contributed by atoms with van der Waals surface area (Å²) in [4.78, 5) is 27.5. The summed E-state index contributed by atoms with van der Waals surface area (Å²) in [6.45, 7) is 0. The van der Waals surface area contributed by atoms with Crippen LogP contribution in [0.3, 0.4) is 0 Å². The molecule has 0 spiro atoms. The fourth-order valence-corrected chi connectivity index (χ4v) is 6.73. The predicted molar refractivity (Wildman–Crippen MR) is 89.1 cm³/mol. The third kappa shape index (κ3) is 1.67. The van der Waals surface area contributed by atoms with Crippen LogP contribution in [0.4, 0.5) is 5.69 Å². The maximum atomic E-state index is 13.0. The average molecular weight is 425 g/mol. The number of halogens is 2. The fourth-order valence-electron chi connectivity index (χ4n) is 5.46. The molecule has 1 aromatic carbocycles. The van der Waals surface area contributed by atoms with Gasteiger partial charge in [-0.1, -0.05) is 31.9 Å². The first-order valence-corrected chi connectivity index (χ1v) is 9.49. The minimum atomic E-state index is -0.0484. The lowest BCUT2D eigenvalue weighted by Crippen LogP contribution is -2.43. The number of nitrogens with zero attached hydrogens (tertiary/aromatic N) is 1. The largest absolute Gasteiger partial charge is 0.274 e. The summed E-state index contributed by atoms with van der Waals surface area (Å²) in [6, 6.07) is 5.64. The zero-order chi connectivity index (χ0) is 15.2. The van der Waals surface area contributed by atoms with Gasteiger partial charge < -0.3 is 0 Å². The molecule has 5 fully saturated rings. The number of rotatable bonds is 1. The molecule has 114 valence electrons. The van der Waals surface area contributed by atoms with Crippen LogP contribution in [0.5, 0.6) is 0 Å². The molecule has 0 radical (unpaired) electrons. The lowest BCUT2D eigenvalue weighted by atomic mass is 9.59. The van der Waals surface area contributed by atoms with Crippen molar-refractivity contribution in [2.24, 2.45) is 35.5 Å². The van der Waals surface area contributed by atoms with Gasteiger partial charge in [0.1, 0.15) is 0 Å². The quantitative estimate of drug-likeness (QED) is 0.639. The van der Waals surface area contributed by atoms with Gasteiger partial charge in [-0.25, -0.2) is 4.90 Å². The van der Waals surface area contributed by atoms with Crippen LogP contribution in [-0.4, -0.2) is 11.8 Å². The predicted octanol–water partition coefficient (Wildman–Crippen LogP) is 3.99. The van der Waals surface area contributed by atoms with Gasteiger partial charge in [-0.15, -0.1) is 0 Å². The molecule has 2 bridgehead atoms. The summed E-state index contributed by atoms with van der Waals surface area (Å²) in [5, 5.41) is 0. The second-order valence-corrected chi connectivity index (χ2v) is 8.99. The average Bonchev–Trinajstić information content (AvgIpc) is 3.23. The van der Waals surface area contributed by atoms with E-state index in [-0.39, 0.29) is 23.7 Å². The summed E-state index contributed by atoms with van der Waals surface area (Å²) in [7, 11) is 0. The molecule has 1 aromatic rings. The van der Waals surface area contributed by atoms with Crippen molar-refractivity contribution in [3.63, 3.8) is 0 Å². The molecule has 3 nitrogen and oxygen atoms in total. The third-order valence-electron chi connectivity index (χ3n) is 6.25. The van der Waals surface area contributed by atoms with E-state index in [9.17, 15) is 9.59 Å². The van der Waals surface area contributed by atoms with E-state index in [1.54, 1.807) is 0 Å². The van der Waals surface area contributed by atoms with Crippen molar-refractivity contribution < 1.29 is 9.59 Å². The molecule has 0 N–H and O–H groups in total. The lowest BCUT2D eigenvalue weighted by Gasteiger charge is -2.42. The second-order valence-electron chi connectivity index (χ2n) is 7.16. The van der Waals surface area contributed by atoms with Crippen LogP contribution in [-0.2, 0) is 9.59 Å². The Kier molecular flexibility index (Phi) is 2.77. The van der Waals surface area contributed by atoms with E-state index in [4.69, 9.17) is 0 Å². The molecule has 6 atom stereocenters. The van der Waals surface area contributed by atoms with Gasteiger partial charge in [-0.05, 0) is 61.1 Å². The topological polar surface area (TPSA) is 37.4 Å². The molecule has 1 saturated heterocycles. The van der Waals surface area contributed by atoms with Gasteiger partial charge in [0.15, 0.2) is 0 Å². The Balaban J connectivity index is 1.59. The van der Waals surface area contributed by atoms with E-state index in [1.807, 2.05) is 18.2 Å². The molecule has 1 heterocycles. The molecule has 22 heavy (non-hydrogen) atoms. The Bertz CT molecular complexity index is 664. The van der Waals surface area contributed by atoms with Crippen molar-refractivity contribution >= 4 is 49.4 Å². The van der Waals surface area contributed by atoms with Gasteiger partial charge in [0, 0.05) is 8.95 Å². The number of hydrogen-bond donors (Lipinski definition) is 0. The van der Waals surface area contributed by atoms with Gasteiger partial charge in [-0.2, -0.15) is 0 Å². The highest BCUT2D eigenvalue weighted by molar-refractivity contribution is 9.11. The van der Waals surface area contributed by atoms with Crippen molar-refractivity contribution in [3.05, 3.63) is 27.1 Å². The number of hydrogen-bond acceptors (Lipinski definition) is 2. The van der Waals surface area contributed by atoms with E-state index in [0.717, 1.165) is 33.6 Å². The van der Waals surface area contributed by atoms with Crippen LogP contribution < -0.4 is 4.90 Å². The van der Waals surface area contributed by atoms with Crippen molar-refractivity contribution in [2.75, 3.05) is 4.90 Å². The molecule has 4 aliphatic carbocycles.